The number of likely N-dealkylation sites (N-methyl/N-ethyl adjacent to an activating group) is 1. The summed E-state index contributed by atoms with van der Waals surface area (Å²) in [5.74, 6) is 1.34. The van der Waals surface area contributed by atoms with E-state index in [-0.39, 0.29) is 5.91 Å². The number of aromatic nitrogens is 2. The number of aromatic amines is 1. The average Bonchev–Trinajstić information content (AvgIpc) is 3.24. The Hall–Kier alpha value is -2.54. The molecular weight excluding hydrogens is 344 g/mol. The zero-order valence-electron chi connectivity index (χ0n) is 15.9. The van der Waals surface area contributed by atoms with E-state index in [4.69, 9.17) is 9.47 Å². The number of hydrogen-bond donors (Lipinski definition) is 1. The number of nitrogens with zero attached hydrogens (tertiary/aromatic N) is 3. The number of ether oxygens (including phenoxy) is 2. The topological polar surface area (TPSA) is 70.7 Å². The predicted molar refractivity (Wildman–Crippen MR) is 101 cm³/mol. The van der Waals surface area contributed by atoms with Gasteiger partial charge in [-0.1, -0.05) is 12.1 Å². The third-order valence-corrected chi connectivity index (χ3v) is 5.74. The van der Waals surface area contributed by atoms with Crippen molar-refractivity contribution in [2.75, 3.05) is 27.2 Å². The van der Waals surface area contributed by atoms with Gasteiger partial charge in [0.15, 0.2) is 17.2 Å². The molecule has 3 heterocycles. The Morgan fingerprint density at radius 3 is 2.81 bits per heavy atom. The number of amides is 1. The Morgan fingerprint density at radius 1 is 1.22 bits per heavy atom. The molecule has 2 aliphatic heterocycles. The fraction of sp³-hybridized carbons (Fsp3) is 0.500. The van der Waals surface area contributed by atoms with Crippen LogP contribution in [0.2, 0.25) is 0 Å². The largest absolute Gasteiger partial charge is 0.493 e. The third-order valence-electron chi connectivity index (χ3n) is 5.74. The summed E-state index contributed by atoms with van der Waals surface area (Å²) in [5, 5.41) is 7.13. The first-order valence-corrected chi connectivity index (χ1v) is 9.47. The highest BCUT2D eigenvalue weighted by Crippen LogP contribution is 2.29. The molecule has 0 saturated carbocycles. The zero-order chi connectivity index (χ0) is 18.8. The Morgan fingerprint density at radius 2 is 2.00 bits per heavy atom. The van der Waals surface area contributed by atoms with Crippen molar-refractivity contribution in [3.05, 3.63) is 41.7 Å². The molecule has 0 aliphatic carbocycles. The molecule has 0 radical (unpaired) electrons. The van der Waals surface area contributed by atoms with Gasteiger partial charge in [-0.25, -0.2) is 0 Å². The molecular formula is C20H26N4O3. The van der Waals surface area contributed by atoms with Gasteiger partial charge >= 0.3 is 0 Å². The normalized spacial score (nSPS) is 22.5. The highest BCUT2D eigenvalue weighted by atomic mass is 16.5. The summed E-state index contributed by atoms with van der Waals surface area (Å²) in [6, 6.07) is 10.3. The standard InChI is InChI=1S/C20H26N4O3/c1-23-15-7-8-16(23)12-24(10-9-15)20(25)17-11-14(21-22-17)13-27-19-6-4-3-5-18(19)26-2/h3-6,11,15-16H,7-10,12-13H2,1-2H3,(H,21,22)/t15-,16+/m1/s1. The molecule has 2 saturated heterocycles. The number of para-hydroxylation sites is 2. The van der Waals surface area contributed by atoms with E-state index < -0.39 is 0 Å². The maximum Gasteiger partial charge on any atom is 0.274 e. The highest BCUT2D eigenvalue weighted by Gasteiger charge is 2.36. The Bertz CT molecular complexity index is 806. The molecule has 2 aliphatic rings. The van der Waals surface area contributed by atoms with Crippen molar-refractivity contribution in [1.82, 2.24) is 20.0 Å². The smallest absolute Gasteiger partial charge is 0.274 e. The van der Waals surface area contributed by atoms with Crippen LogP contribution >= 0.6 is 0 Å². The molecule has 2 bridgehead atoms. The van der Waals surface area contributed by atoms with Crippen molar-refractivity contribution >= 4 is 5.91 Å². The molecule has 0 unspecified atom stereocenters. The molecule has 0 spiro atoms. The van der Waals surface area contributed by atoms with E-state index in [9.17, 15) is 4.79 Å². The monoisotopic (exact) mass is 370 g/mol. The van der Waals surface area contributed by atoms with E-state index in [1.165, 1.54) is 12.8 Å². The minimum Gasteiger partial charge on any atom is -0.493 e. The van der Waals surface area contributed by atoms with Crippen LogP contribution in [0.1, 0.15) is 35.4 Å². The molecule has 2 fully saturated rings. The van der Waals surface area contributed by atoms with Crippen LogP contribution < -0.4 is 9.47 Å². The summed E-state index contributed by atoms with van der Waals surface area (Å²) in [6.07, 6.45) is 3.45. The lowest BCUT2D eigenvalue weighted by Gasteiger charge is -2.25. The Balaban J connectivity index is 1.39. The van der Waals surface area contributed by atoms with Gasteiger partial charge in [-0.3, -0.25) is 14.8 Å². The summed E-state index contributed by atoms with van der Waals surface area (Å²) >= 11 is 0. The van der Waals surface area contributed by atoms with E-state index in [2.05, 4.69) is 22.1 Å². The second-order valence-electron chi connectivity index (χ2n) is 7.31. The summed E-state index contributed by atoms with van der Waals surface area (Å²) in [6.45, 7) is 1.88. The molecule has 4 rings (SSSR count). The molecule has 7 nitrogen and oxygen atoms in total. The van der Waals surface area contributed by atoms with E-state index in [1.54, 1.807) is 13.2 Å². The van der Waals surface area contributed by atoms with Crippen molar-refractivity contribution in [3.63, 3.8) is 0 Å². The summed E-state index contributed by atoms with van der Waals surface area (Å²) in [5.41, 5.74) is 1.21. The highest BCUT2D eigenvalue weighted by molar-refractivity contribution is 5.92. The van der Waals surface area contributed by atoms with E-state index in [0.717, 1.165) is 25.2 Å². The SMILES string of the molecule is COc1ccccc1OCc1cc(C(=O)N2CC[C@H]3CC[C@@H](C2)N3C)n[nH]1. The van der Waals surface area contributed by atoms with Crippen LogP contribution in [0.15, 0.2) is 30.3 Å². The predicted octanol–water partition coefficient (Wildman–Crippen LogP) is 2.31. The van der Waals surface area contributed by atoms with Crippen LogP contribution in [-0.4, -0.2) is 65.2 Å². The molecule has 2 aromatic rings. The second-order valence-corrected chi connectivity index (χ2v) is 7.31. The molecule has 144 valence electrons. The number of likely N-dealkylation sites (tertiary alicyclic amines) is 1. The molecule has 27 heavy (non-hydrogen) atoms. The van der Waals surface area contributed by atoms with Crippen LogP contribution in [-0.2, 0) is 6.61 Å². The molecule has 1 amide bonds. The number of carbonyl (C=O) groups is 1. The van der Waals surface area contributed by atoms with Crippen LogP contribution in [0.5, 0.6) is 11.5 Å². The number of benzene rings is 1. The van der Waals surface area contributed by atoms with E-state index in [0.29, 0.717) is 35.9 Å². The van der Waals surface area contributed by atoms with Crippen LogP contribution in [0, 0.1) is 0 Å². The number of carbonyl (C=O) groups excluding carboxylic acids is 1. The van der Waals surface area contributed by atoms with Gasteiger partial charge in [0.2, 0.25) is 0 Å². The Labute approximate surface area is 159 Å². The molecule has 2 atom stereocenters. The van der Waals surface area contributed by atoms with Crippen LogP contribution in [0.3, 0.4) is 0 Å². The third kappa shape index (κ3) is 3.64. The van der Waals surface area contributed by atoms with Crippen LogP contribution in [0.25, 0.3) is 0 Å². The van der Waals surface area contributed by atoms with Gasteiger partial charge < -0.3 is 14.4 Å². The lowest BCUT2D eigenvalue weighted by Crippen LogP contribution is -2.39. The molecule has 1 N–H and O–H groups in total. The van der Waals surface area contributed by atoms with Crippen molar-refractivity contribution in [1.29, 1.82) is 0 Å². The maximum atomic E-state index is 12.9. The Kier molecular flexibility index (Phi) is 5.03. The molecule has 1 aromatic heterocycles. The summed E-state index contributed by atoms with van der Waals surface area (Å²) in [4.78, 5) is 17.3. The number of fused-ring (bicyclic) bond motifs is 2. The number of hydrogen-bond acceptors (Lipinski definition) is 5. The number of H-pyrrole nitrogens is 1. The first-order valence-electron chi connectivity index (χ1n) is 9.47. The fourth-order valence-electron chi connectivity index (χ4n) is 4.09. The zero-order valence-corrected chi connectivity index (χ0v) is 15.9. The number of methoxy groups -OCH3 is 1. The van der Waals surface area contributed by atoms with Gasteiger partial charge in [0, 0.05) is 25.2 Å². The average molecular weight is 370 g/mol. The lowest BCUT2D eigenvalue weighted by atomic mass is 10.1. The molecule has 7 heteroatoms. The second kappa shape index (κ2) is 7.60. The summed E-state index contributed by atoms with van der Waals surface area (Å²) < 4.78 is 11.1. The minimum absolute atomic E-state index is 0.00394. The van der Waals surface area contributed by atoms with Crippen LogP contribution in [0.4, 0.5) is 0 Å². The fourth-order valence-corrected chi connectivity index (χ4v) is 4.09. The van der Waals surface area contributed by atoms with Crippen molar-refractivity contribution in [3.8, 4) is 11.5 Å². The lowest BCUT2D eigenvalue weighted by molar-refractivity contribution is 0.0734. The van der Waals surface area contributed by atoms with Crippen molar-refractivity contribution < 1.29 is 14.3 Å². The van der Waals surface area contributed by atoms with Gasteiger partial charge in [0.05, 0.1) is 12.8 Å². The van der Waals surface area contributed by atoms with Gasteiger partial charge in [-0.05, 0) is 44.5 Å². The van der Waals surface area contributed by atoms with Gasteiger partial charge in [0.1, 0.15) is 6.61 Å². The minimum atomic E-state index is -0.00394. The first kappa shape index (κ1) is 17.9. The number of nitrogens with one attached hydrogen (secondary N) is 1. The molecule has 1 aromatic carbocycles. The quantitative estimate of drug-likeness (QED) is 0.875. The van der Waals surface area contributed by atoms with E-state index in [1.807, 2.05) is 29.2 Å². The first-order chi connectivity index (χ1) is 13.2. The van der Waals surface area contributed by atoms with Gasteiger partial charge in [-0.2, -0.15) is 5.10 Å². The van der Waals surface area contributed by atoms with E-state index >= 15 is 0 Å². The van der Waals surface area contributed by atoms with Crippen molar-refractivity contribution in [2.24, 2.45) is 0 Å². The van der Waals surface area contributed by atoms with Gasteiger partial charge in [-0.15, -0.1) is 0 Å². The number of rotatable bonds is 5. The maximum absolute atomic E-state index is 12.9. The van der Waals surface area contributed by atoms with Crippen molar-refractivity contribution in [2.45, 2.75) is 38.0 Å². The summed E-state index contributed by atoms with van der Waals surface area (Å²) in [7, 11) is 3.79. The van der Waals surface area contributed by atoms with Gasteiger partial charge in [0.25, 0.3) is 5.91 Å².